The Balaban J connectivity index is 2.10. The normalized spacial score (nSPS) is 18.1. The van der Waals surface area contributed by atoms with Crippen LogP contribution in [0.1, 0.15) is 12.5 Å². The molecule has 4 nitrogen and oxygen atoms in total. The second-order valence-corrected chi connectivity index (χ2v) is 7.00. The maximum atomic E-state index is 12.8. The number of nitrogens with zero attached hydrogens (tertiary/aromatic N) is 2. The minimum Gasteiger partial charge on any atom is -0.263 e. The topological polar surface area (TPSA) is 50.3 Å². The van der Waals surface area contributed by atoms with Crippen molar-refractivity contribution in [1.29, 1.82) is 0 Å². The molecule has 3 rings (SSSR count). The Morgan fingerprint density at radius 1 is 1.25 bits per heavy atom. The van der Waals surface area contributed by atoms with Gasteiger partial charge in [0.15, 0.2) is 0 Å². The fourth-order valence-electron chi connectivity index (χ4n) is 2.53. The first-order valence-corrected chi connectivity index (χ1v) is 8.06. The van der Waals surface area contributed by atoms with Gasteiger partial charge in [-0.3, -0.25) is 4.31 Å². The number of hydrogen-bond donors (Lipinski definition) is 0. The van der Waals surface area contributed by atoms with Gasteiger partial charge in [0, 0.05) is 12.2 Å². The summed E-state index contributed by atoms with van der Waals surface area (Å²) in [4.78, 5) is 4.02. The molecule has 1 aromatic carbocycles. The molecule has 0 saturated carbocycles. The van der Waals surface area contributed by atoms with Gasteiger partial charge in [0.05, 0.1) is 5.69 Å². The molecule has 0 radical (unpaired) electrons. The Morgan fingerprint density at radius 2 is 2.00 bits per heavy atom. The summed E-state index contributed by atoms with van der Waals surface area (Å²) in [5, 5.41) is 0.277. The van der Waals surface area contributed by atoms with Crippen LogP contribution >= 0.6 is 11.6 Å². The van der Waals surface area contributed by atoms with Gasteiger partial charge in [-0.15, -0.1) is 0 Å². The number of hydrogen-bond acceptors (Lipinski definition) is 3. The maximum Gasteiger partial charge on any atom is 0.266 e. The molecule has 1 atom stereocenters. The van der Waals surface area contributed by atoms with Crippen molar-refractivity contribution in [3.63, 3.8) is 0 Å². The van der Waals surface area contributed by atoms with Gasteiger partial charge in [0.1, 0.15) is 10.0 Å². The SMILES string of the molecule is C[C@@H]1Cc2ccccc2N1S(=O)(=O)c1ccc(Cl)nc1. The van der Waals surface area contributed by atoms with Gasteiger partial charge in [-0.25, -0.2) is 13.4 Å². The number of aromatic nitrogens is 1. The summed E-state index contributed by atoms with van der Waals surface area (Å²) in [5.41, 5.74) is 1.79. The Labute approximate surface area is 123 Å². The predicted octanol–water partition coefficient (Wildman–Crippen LogP) is 2.87. The third kappa shape index (κ3) is 2.07. The van der Waals surface area contributed by atoms with Crippen LogP contribution in [0.4, 0.5) is 5.69 Å². The maximum absolute atomic E-state index is 12.8. The highest BCUT2D eigenvalue weighted by atomic mass is 35.5. The van der Waals surface area contributed by atoms with Crippen molar-refractivity contribution in [2.24, 2.45) is 0 Å². The average molecular weight is 309 g/mol. The molecule has 1 aliphatic heterocycles. The van der Waals surface area contributed by atoms with Crippen LogP contribution in [0.3, 0.4) is 0 Å². The quantitative estimate of drug-likeness (QED) is 0.802. The van der Waals surface area contributed by atoms with E-state index in [1.807, 2.05) is 31.2 Å². The van der Waals surface area contributed by atoms with Crippen LogP contribution in [0.2, 0.25) is 5.15 Å². The van der Waals surface area contributed by atoms with E-state index in [1.54, 1.807) is 0 Å². The number of para-hydroxylation sites is 1. The third-order valence-corrected chi connectivity index (χ3v) is 5.54. The molecule has 0 bridgehead atoms. The summed E-state index contributed by atoms with van der Waals surface area (Å²) >= 11 is 5.71. The van der Waals surface area contributed by atoms with Gasteiger partial charge in [-0.1, -0.05) is 29.8 Å². The lowest BCUT2D eigenvalue weighted by Crippen LogP contribution is -2.35. The molecule has 104 valence electrons. The summed E-state index contributed by atoms with van der Waals surface area (Å²) in [7, 11) is -3.61. The molecule has 0 N–H and O–H groups in total. The van der Waals surface area contributed by atoms with Crippen LogP contribution in [-0.2, 0) is 16.4 Å². The van der Waals surface area contributed by atoms with E-state index in [2.05, 4.69) is 4.98 Å². The molecule has 1 aromatic heterocycles. The lowest BCUT2D eigenvalue weighted by atomic mass is 10.1. The largest absolute Gasteiger partial charge is 0.266 e. The zero-order chi connectivity index (χ0) is 14.3. The van der Waals surface area contributed by atoms with Crippen molar-refractivity contribution in [3.05, 3.63) is 53.3 Å². The molecule has 0 unspecified atom stereocenters. The van der Waals surface area contributed by atoms with Gasteiger partial charge in [0.2, 0.25) is 0 Å². The van der Waals surface area contributed by atoms with Crippen LogP contribution in [0.15, 0.2) is 47.5 Å². The number of pyridine rings is 1. The summed E-state index contributed by atoms with van der Waals surface area (Å²) in [5.74, 6) is 0. The van der Waals surface area contributed by atoms with Crippen LogP contribution in [0.25, 0.3) is 0 Å². The standard InChI is InChI=1S/C14H13ClN2O2S/c1-10-8-11-4-2-3-5-13(11)17(10)20(18,19)12-6-7-14(15)16-9-12/h2-7,9-10H,8H2,1H3/t10-/m1/s1. The predicted molar refractivity (Wildman–Crippen MR) is 78.5 cm³/mol. The minimum atomic E-state index is -3.61. The van der Waals surface area contributed by atoms with Crippen molar-refractivity contribution in [2.45, 2.75) is 24.3 Å². The molecule has 20 heavy (non-hydrogen) atoms. The first-order valence-electron chi connectivity index (χ1n) is 6.24. The lowest BCUT2D eigenvalue weighted by molar-refractivity contribution is 0.584. The van der Waals surface area contributed by atoms with Gasteiger partial charge in [-0.2, -0.15) is 0 Å². The van der Waals surface area contributed by atoms with E-state index in [0.717, 1.165) is 17.7 Å². The second kappa shape index (κ2) is 4.75. The second-order valence-electron chi connectivity index (χ2n) is 4.80. The van der Waals surface area contributed by atoms with Crippen molar-refractivity contribution in [2.75, 3.05) is 4.31 Å². The van der Waals surface area contributed by atoms with Crippen molar-refractivity contribution < 1.29 is 8.42 Å². The molecule has 0 saturated heterocycles. The minimum absolute atomic E-state index is 0.104. The van der Waals surface area contributed by atoms with E-state index >= 15 is 0 Å². The molecular formula is C14H13ClN2O2S. The van der Waals surface area contributed by atoms with Gasteiger partial charge >= 0.3 is 0 Å². The van der Waals surface area contributed by atoms with Crippen LogP contribution in [0.5, 0.6) is 0 Å². The van der Waals surface area contributed by atoms with E-state index in [1.165, 1.54) is 22.6 Å². The van der Waals surface area contributed by atoms with Crippen molar-refractivity contribution >= 4 is 27.3 Å². The average Bonchev–Trinajstić information content (AvgIpc) is 2.75. The van der Waals surface area contributed by atoms with Crippen molar-refractivity contribution in [3.8, 4) is 0 Å². The molecule has 0 fully saturated rings. The molecule has 0 aliphatic carbocycles. The molecule has 2 aromatic rings. The fraction of sp³-hybridized carbons (Fsp3) is 0.214. The van der Waals surface area contributed by atoms with E-state index in [4.69, 9.17) is 11.6 Å². The smallest absolute Gasteiger partial charge is 0.263 e. The van der Waals surface area contributed by atoms with E-state index in [0.29, 0.717) is 0 Å². The number of rotatable bonds is 2. The Bertz CT molecular complexity index is 744. The lowest BCUT2D eigenvalue weighted by Gasteiger charge is -2.24. The van der Waals surface area contributed by atoms with E-state index in [-0.39, 0.29) is 16.1 Å². The highest BCUT2D eigenvalue weighted by molar-refractivity contribution is 7.92. The first-order chi connectivity index (χ1) is 9.50. The van der Waals surface area contributed by atoms with Crippen LogP contribution in [-0.4, -0.2) is 19.4 Å². The van der Waals surface area contributed by atoms with Gasteiger partial charge in [-0.05, 0) is 37.1 Å². The van der Waals surface area contributed by atoms with Crippen molar-refractivity contribution in [1.82, 2.24) is 4.98 Å². The highest BCUT2D eigenvalue weighted by Crippen LogP contribution is 2.36. The summed E-state index contributed by atoms with van der Waals surface area (Å²) in [6, 6.07) is 10.4. The van der Waals surface area contributed by atoms with E-state index in [9.17, 15) is 8.42 Å². The number of benzene rings is 1. The zero-order valence-corrected chi connectivity index (χ0v) is 12.4. The van der Waals surface area contributed by atoms with Gasteiger partial charge < -0.3 is 0 Å². The van der Waals surface area contributed by atoms with Gasteiger partial charge in [0.25, 0.3) is 10.0 Å². The molecular weight excluding hydrogens is 296 g/mol. The summed E-state index contributed by atoms with van der Waals surface area (Å²) < 4.78 is 27.0. The number of anilines is 1. The first kappa shape index (κ1) is 13.4. The summed E-state index contributed by atoms with van der Waals surface area (Å²) in [6.45, 7) is 1.90. The summed E-state index contributed by atoms with van der Waals surface area (Å²) in [6.07, 6.45) is 2.02. The monoisotopic (exact) mass is 308 g/mol. The molecule has 1 aliphatic rings. The number of sulfonamides is 1. The third-order valence-electron chi connectivity index (χ3n) is 3.40. The number of halogens is 1. The van der Waals surface area contributed by atoms with Crippen LogP contribution in [0, 0.1) is 0 Å². The Kier molecular flexibility index (Phi) is 3.18. The Morgan fingerprint density at radius 3 is 2.70 bits per heavy atom. The number of fused-ring (bicyclic) bond motifs is 1. The highest BCUT2D eigenvalue weighted by Gasteiger charge is 2.35. The fourth-order valence-corrected chi connectivity index (χ4v) is 4.28. The molecule has 0 amide bonds. The Hall–Kier alpha value is -1.59. The molecule has 6 heteroatoms. The molecule has 0 spiro atoms. The van der Waals surface area contributed by atoms with E-state index < -0.39 is 10.0 Å². The zero-order valence-electron chi connectivity index (χ0n) is 10.8. The van der Waals surface area contributed by atoms with Crippen LogP contribution < -0.4 is 4.31 Å². The molecule has 2 heterocycles.